The lowest BCUT2D eigenvalue weighted by Crippen LogP contribution is -2.43. The van der Waals surface area contributed by atoms with Gasteiger partial charge in [-0.05, 0) is 64.9 Å². The van der Waals surface area contributed by atoms with E-state index in [1.165, 1.54) is 22.3 Å². The molecular formula is C25H34O. The highest BCUT2D eigenvalue weighted by Gasteiger charge is 2.50. The van der Waals surface area contributed by atoms with Crippen LogP contribution in [0.25, 0.3) is 0 Å². The Morgan fingerprint density at radius 1 is 1.27 bits per heavy atom. The van der Waals surface area contributed by atoms with Gasteiger partial charge in [-0.2, -0.15) is 0 Å². The summed E-state index contributed by atoms with van der Waals surface area (Å²) in [7, 11) is 0. The molecule has 2 aliphatic rings. The Kier molecular flexibility index (Phi) is 5.70. The molecule has 0 aromatic heterocycles. The van der Waals surface area contributed by atoms with Gasteiger partial charge < -0.3 is 5.11 Å². The summed E-state index contributed by atoms with van der Waals surface area (Å²) in [6.07, 6.45) is 14.5. The van der Waals surface area contributed by atoms with Crippen LogP contribution in [0.2, 0.25) is 0 Å². The molecule has 140 valence electrons. The van der Waals surface area contributed by atoms with Gasteiger partial charge in [0.15, 0.2) is 0 Å². The molecule has 0 aliphatic heterocycles. The van der Waals surface area contributed by atoms with Gasteiger partial charge in [0.05, 0.1) is 0 Å². The predicted molar refractivity (Wildman–Crippen MR) is 114 cm³/mol. The van der Waals surface area contributed by atoms with Gasteiger partial charge in [-0.3, -0.25) is 0 Å². The molecule has 1 nitrogen and oxygen atoms in total. The molecule has 1 heteroatoms. The molecule has 0 heterocycles. The lowest BCUT2D eigenvalue weighted by molar-refractivity contribution is 0.175. The van der Waals surface area contributed by atoms with Crippen LogP contribution in [0.15, 0.2) is 83.2 Å². The van der Waals surface area contributed by atoms with Crippen molar-refractivity contribution in [1.82, 2.24) is 0 Å². The highest BCUT2D eigenvalue weighted by Crippen LogP contribution is 2.61. The molecule has 0 spiro atoms. The van der Waals surface area contributed by atoms with Crippen molar-refractivity contribution >= 4 is 0 Å². The molecule has 0 aromatic carbocycles. The Balaban J connectivity index is 3.02. The highest BCUT2D eigenvalue weighted by atomic mass is 16.3. The van der Waals surface area contributed by atoms with Gasteiger partial charge in [-0.15, -0.1) is 6.58 Å². The van der Waals surface area contributed by atoms with E-state index in [0.29, 0.717) is 5.92 Å². The molecule has 0 aromatic rings. The van der Waals surface area contributed by atoms with Crippen molar-refractivity contribution in [1.29, 1.82) is 0 Å². The van der Waals surface area contributed by atoms with Crippen LogP contribution < -0.4 is 0 Å². The van der Waals surface area contributed by atoms with E-state index in [1.54, 1.807) is 0 Å². The van der Waals surface area contributed by atoms with Crippen molar-refractivity contribution in [2.24, 2.45) is 16.7 Å². The number of allylic oxidation sites excluding steroid dienone is 11. The van der Waals surface area contributed by atoms with Crippen LogP contribution in [0.3, 0.4) is 0 Å². The second kappa shape index (κ2) is 7.31. The molecule has 1 unspecified atom stereocenters. The number of hydrogen-bond donors (Lipinski definition) is 1. The summed E-state index contributed by atoms with van der Waals surface area (Å²) in [6.45, 7) is 21.3. The number of hydrogen-bond acceptors (Lipinski definition) is 1. The lowest BCUT2D eigenvalue weighted by Gasteiger charge is -2.53. The van der Waals surface area contributed by atoms with Crippen LogP contribution in [0.5, 0.6) is 0 Å². The van der Waals surface area contributed by atoms with Crippen LogP contribution in [-0.4, -0.2) is 5.11 Å². The summed E-state index contributed by atoms with van der Waals surface area (Å²) in [6, 6.07) is 0. The molecule has 2 rings (SSSR count). The van der Waals surface area contributed by atoms with E-state index in [-0.39, 0.29) is 16.6 Å². The summed E-state index contributed by atoms with van der Waals surface area (Å²) in [4.78, 5) is 0. The van der Waals surface area contributed by atoms with Crippen molar-refractivity contribution in [3.05, 3.63) is 83.2 Å². The summed E-state index contributed by atoms with van der Waals surface area (Å²) in [5, 5.41) is 10.0. The quantitative estimate of drug-likeness (QED) is 0.414. The van der Waals surface area contributed by atoms with Crippen molar-refractivity contribution in [3.8, 4) is 0 Å². The zero-order chi connectivity index (χ0) is 19.7. The Bertz CT molecular complexity index is 760. The smallest absolute Gasteiger partial charge is 0.108 e. The van der Waals surface area contributed by atoms with E-state index >= 15 is 0 Å². The SMILES string of the molecule is C=CCC(/C=C\C)=C1/C2=C(C(C)CC=C2)C(C)(C)C(C)(C)/C1=C/C(=C)O. The van der Waals surface area contributed by atoms with Crippen molar-refractivity contribution in [3.63, 3.8) is 0 Å². The first kappa shape index (κ1) is 20.3. The third-order valence-corrected chi connectivity index (χ3v) is 6.37. The van der Waals surface area contributed by atoms with Gasteiger partial charge in [0, 0.05) is 0 Å². The first-order chi connectivity index (χ1) is 12.1. The minimum Gasteiger partial charge on any atom is -0.509 e. The Morgan fingerprint density at radius 2 is 1.92 bits per heavy atom. The van der Waals surface area contributed by atoms with E-state index in [9.17, 15) is 5.11 Å². The molecular weight excluding hydrogens is 316 g/mol. The summed E-state index contributed by atoms with van der Waals surface area (Å²) < 4.78 is 0. The third kappa shape index (κ3) is 3.20. The van der Waals surface area contributed by atoms with Crippen LogP contribution in [0, 0.1) is 16.7 Å². The minimum atomic E-state index is -0.139. The lowest BCUT2D eigenvalue weighted by atomic mass is 9.50. The Labute approximate surface area is 159 Å². The largest absolute Gasteiger partial charge is 0.509 e. The maximum atomic E-state index is 10.0. The van der Waals surface area contributed by atoms with Gasteiger partial charge in [-0.25, -0.2) is 0 Å². The summed E-state index contributed by atoms with van der Waals surface area (Å²) >= 11 is 0. The van der Waals surface area contributed by atoms with Crippen LogP contribution in [-0.2, 0) is 0 Å². The maximum Gasteiger partial charge on any atom is 0.108 e. The average molecular weight is 351 g/mol. The molecule has 0 bridgehead atoms. The van der Waals surface area contributed by atoms with Gasteiger partial charge in [0.1, 0.15) is 5.76 Å². The van der Waals surface area contributed by atoms with E-state index in [1.807, 2.05) is 19.1 Å². The highest BCUT2D eigenvalue weighted by molar-refractivity contribution is 5.66. The second-order valence-electron chi connectivity index (χ2n) is 8.56. The van der Waals surface area contributed by atoms with Crippen LogP contribution in [0.1, 0.15) is 54.4 Å². The topological polar surface area (TPSA) is 20.2 Å². The van der Waals surface area contributed by atoms with Gasteiger partial charge >= 0.3 is 0 Å². The standard InChI is InChI=1S/C25H34O/c1-9-12-19(13-10-2)22-20-15-11-14-17(3)23(20)25(7,8)24(5,6)21(22)16-18(4)26/h9-11,13,15-17,26H,1,4,12,14H2,2-3,5-8H3/b13-10-,21-16+,22-19+. The molecule has 0 amide bonds. The monoisotopic (exact) mass is 350 g/mol. The Hall–Kier alpha value is -2.02. The summed E-state index contributed by atoms with van der Waals surface area (Å²) in [5.74, 6) is 0.616. The fourth-order valence-electron chi connectivity index (χ4n) is 4.54. The van der Waals surface area contributed by atoms with Gasteiger partial charge in [-0.1, -0.05) is 77.2 Å². The van der Waals surface area contributed by atoms with Crippen molar-refractivity contribution in [2.45, 2.75) is 54.4 Å². The third-order valence-electron chi connectivity index (χ3n) is 6.37. The number of aliphatic hydroxyl groups excluding tert-OH is 1. The van der Waals surface area contributed by atoms with Crippen LogP contribution in [0.4, 0.5) is 0 Å². The van der Waals surface area contributed by atoms with E-state index in [4.69, 9.17) is 0 Å². The molecule has 1 N–H and O–H groups in total. The maximum absolute atomic E-state index is 10.0. The zero-order valence-electron chi connectivity index (χ0n) is 17.3. The second-order valence-corrected chi connectivity index (χ2v) is 8.56. The predicted octanol–water partition coefficient (Wildman–Crippen LogP) is 7.39. The number of aliphatic hydroxyl groups is 1. The molecule has 26 heavy (non-hydrogen) atoms. The molecule has 0 saturated carbocycles. The van der Waals surface area contributed by atoms with Gasteiger partial charge in [0.25, 0.3) is 0 Å². The normalized spacial score (nSPS) is 27.6. The molecule has 0 radical (unpaired) electrons. The van der Waals surface area contributed by atoms with Crippen LogP contribution >= 0.6 is 0 Å². The van der Waals surface area contributed by atoms with E-state index in [2.05, 4.69) is 72.1 Å². The molecule has 2 aliphatic carbocycles. The Morgan fingerprint density at radius 3 is 2.46 bits per heavy atom. The number of rotatable bonds is 4. The first-order valence-electron chi connectivity index (χ1n) is 9.58. The van der Waals surface area contributed by atoms with E-state index in [0.717, 1.165) is 18.4 Å². The van der Waals surface area contributed by atoms with Gasteiger partial charge in [0.2, 0.25) is 0 Å². The average Bonchev–Trinajstić information content (AvgIpc) is 2.52. The fourth-order valence-corrected chi connectivity index (χ4v) is 4.54. The molecule has 0 fully saturated rings. The minimum absolute atomic E-state index is 0.0213. The zero-order valence-corrected chi connectivity index (χ0v) is 17.3. The first-order valence-corrected chi connectivity index (χ1v) is 9.58. The molecule has 1 atom stereocenters. The van der Waals surface area contributed by atoms with E-state index < -0.39 is 0 Å². The fraction of sp³-hybridized carbons (Fsp3) is 0.440. The summed E-state index contributed by atoms with van der Waals surface area (Å²) in [5.41, 5.74) is 6.31. The van der Waals surface area contributed by atoms with Crippen molar-refractivity contribution in [2.75, 3.05) is 0 Å². The van der Waals surface area contributed by atoms with Crippen molar-refractivity contribution < 1.29 is 5.11 Å². The molecule has 0 saturated heterocycles.